The number of rotatable bonds is 7. The highest BCUT2D eigenvalue weighted by atomic mass is 31.2. The Morgan fingerprint density at radius 1 is 1.00 bits per heavy atom. The van der Waals surface area contributed by atoms with Gasteiger partial charge in [0.2, 0.25) is 0 Å². The molecule has 3 aromatic carbocycles. The van der Waals surface area contributed by atoms with Gasteiger partial charge >= 0.3 is 19.9 Å². The van der Waals surface area contributed by atoms with Crippen molar-refractivity contribution in [2.45, 2.75) is 24.8 Å². The van der Waals surface area contributed by atoms with E-state index in [0.29, 0.717) is 22.2 Å². The third-order valence-electron chi connectivity index (χ3n) is 5.11. The second-order valence-corrected chi connectivity index (χ2v) is 9.14. The molecule has 0 saturated carbocycles. The predicted molar refractivity (Wildman–Crippen MR) is 114 cm³/mol. The zero-order chi connectivity index (χ0) is 24.5. The van der Waals surface area contributed by atoms with Gasteiger partial charge in [0.1, 0.15) is 11.3 Å². The van der Waals surface area contributed by atoms with Gasteiger partial charge in [-0.15, -0.1) is 5.10 Å². The van der Waals surface area contributed by atoms with Crippen molar-refractivity contribution >= 4 is 18.6 Å². The summed E-state index contributed by atoms with van der Waals surface area (Å²) >= 11 is 0. The van der Waals surface area contributed by atoms with E-state index in [0.717, 1.165) is 12.1 Å². The minimum Gasteiger partial charge on any atom is -0.421 e. The summed E-state index contributed by atoms with van der Waals surface area (Å²) in [5.41, 5.74) is 1.30. The van der Waals surface area contributed by atoms with E-state index in [9.17, 15) is 31.4 Å². The molecule has 1 heterocycles. The highest BCUT2D eigenvalue weighted by molar-refractivity contribution is 7.53. The van der Waals surface area contributed by atoms with E-state index in [1.54, 1.807) is 30.3 Å². The first-order valence-corrected chi connectivity index (χ1v) is 11.6. The molecule has 4 rings (SSSR count). The molecule has 1 N–H and O–H groups in total. The molecule has 12 heteroatoms. The van der Waals surface area contributed by atoms with Crippen LogP contribution in [0.3, 0.4) is 0 Å². The Balaban J connectivity index is 1.71. The first-order valence-electron chi connectivity index (χ1n) is 9.91. The molecule has 4 aromatic rings. The number of aromatic nitrogens is 3. The molecule has 2 unspecified atom stereocenters. The Morgan fingerprint density at radius 3 is 2.38 bits per heavy atom. The topological polar surface area (TPSA) is 77.2 Å². The van der Waals surface area contributed by atoms with Crippen molar-refractivity contribution in [1.82, 2.24) is 15.0 Å². The van der Waals surface area contributed by atoms with Gasteiger partial charge in [-0.2, -0.15) is 22.0 Å². The van der Waals surface area contributed by atoms with Gasteiger partial charge < -0.3 is 9.42 Å². The van der Waals surface area contributed by atoms with Crippen LogP contribution in [-0.4, -0.2) is 26.1 Å². The third kappa shape index (κ3) is 5.10. The van der Waals surface area contributed by atoms with Crippen molar-refractivity contribution in [3.05, 3.63) is 89.5 Å². The Bertz CT molecular complexity index is 1340. The van der Waals surface area contributed by atoms with E-state index in [1.807, 2.05) is 0 Å². The van der Waals surface area contributed by atoms with E-state index in [-0.39, 0.29) is 12.2 Å². The molecule has 34 heavy (non-hydrogen) atoms. The third-order valence-corrected chi connectivity index (χ3v) is 6.07. The highest BCUT2D eigenvalue weighted by Crippen LogP contribution is 2.49. The number of nitrogens with zero attached hydrogens (tertiary/aromatic N) is 3. The van der Waals surface area contributed by atoms with Crippen molar-refractivity contribution in [2.24, 2.45) is 0 Å². The monoisotopic (exact) mass is 497 g/mol. The summed E-state index contributed by atoms with van der Waals surface area (Å²) in [6.07, 6.45) is -7.92. The summed E-state index contributed by atoms with van der Waals surface area (Å²) in [6, 6.07) is 16.6. The normalized spacial score (nSPS) is 14.8. The maximum absolute atomic E-state index is 13.3. The van der Waals surface area contributed by atoms with Crippen LogP contribution in [0.1, 0.15) is 22.7 Å². The number of halogens is 5. The van der Waals surface area contributed by atoms with E-state index < -0.39 is 31.5 Å². The molecule has 0 saturated heterocycles. The molecule has 0 spiro atoms. The van der Waals surface area contributed by atoms with E-state index in [1.165, 1.54) is 35.0 Å². The fourth-order valence-electron chi connectivity index (χ4n) is 3.49. The molecule has 0 radical (unpaired) electrons. The van der Waals surface area contributed by atoms with Crippen molar-refractivity contribution in [3.63, 3.8) is 0 Å². The molecular formula is C22H17F5N3O3P. The lowest BCUT2D eigenvalue weighted by atomic mass is 9.97. The lowest BCUT2D eigenvalue weighted by Gasteiger charge is -2.20. The van der Waals surface area contributed by atoms with E-state index in [4.69, 9.17) is 0 Å². The van der Waals surface area contributed by atoms with Crippen molar-refractivity contribution < 1.29 is 35.9 Å². The lowest BCUT2D eigenvalue weighted by molar-refractivity contribution is -0.137. The maximum atomic E-state index is 13.3. The maximum Gasteiger partial charge on any atom is 0.442 e. The van der Waals surface area contributed by atoms with E-state index in [2.05, 4.69) is 14.8 Å². The summed E-state index contributed by atoms with van der Waals surface area (Å²) in [7, 11) is -5.13. The minimum absolute atomic E-state index is 0.167. The second-order valence-electron chi connectivity index (χ2n) is 7.44. The summed E-state index contributed by atoms with van der Waals surface area (Å²) in [6.45, 7) is 0. The zero-order valence-electron chi connectivity index (χ0n) is 17.2. The largest absolute Gasteiger partial charge is 0.442 e. The molecule has 0 amide bonds. The van der Waals surface area contributed by atoms with Crippen LogP contribution in [0.5, 0.6) is 5.75 Å². The van der Waals surface area contributed by atoms with Crippen LogP contribution in [-0.2, 0) is 17.2 Å². The molecule has 0 fully saturated rings. The molecule has 0 aliphatic rings. The fourth-order valence-corrected chi connectivity index (χ4v) is 3.99. The van der Waals surface area contributed by atoms with Crippen LogP contribution in [0.25, 0.3) is 11.0 Å². The van der Waals surface area contributed by atoms with Gasteiger partial charge in [0, 0.05) is 0 Å². The Kier molecular flexibility index (Phi) is 6.42. The number of hydrogen-bond acceptors (Lipinski definition) is 4. The smallest absolute Gasteiger partial charge is 0.421 e. The molecule has 0 aliphatic carbocycles. The highest BCUT2D eigenvalue weighted by Gasteiger charge is 2.34. The summed E-state index contributed by atoms with van der Waals surface area (Å²) in [4.78, 5) is 9.20. The second kappa shape index (κ2) is 9.15. The van der Waals surface area contributed by atoms with Crippen LogP contribution in [0.4, 0.5) is 22.0 Å². The molecule has 6 nitrogen and oxygen atoms in total. The predicted octanol–water partition coefficient (Wildman–Crippen LogP) is 6.07. The molecule has 0 aliphatic heterocycles. The number of fused-ring (bicyclic) bond motifs is 1. The fraction of sp³-hybridized carbons (Fsp3) is 0.182. The minimum atomic E-state index is -5.13. The van der Waals surface area contributed by atoms with Crippen LogP contribution in [0, 0.1) is 0 Å². The van der Waals surface area contributed by atoms with Crippen molar-refractivity contribution in [3.8, 4) is 5.75 Å². The van der Waals surface area contributed by atoms with Gasteiger partial charge in [-0.1, -0.05) is 41.6 Å². The molecule has 2 atom stereocenters. The van der Waals surface area contributed by atoms with Crippen molar-refractivity contribution in [2.75, 3.05) is 0 Å². The summed E-state index contributed by atoms with van der Waals surface area (Å²) in [5.74, 6) is -0.239. The first kappa shape index (κ1) is 23.8. The van der Waals surface area contributed by atoms with Gasteiger partial charge in [0.15, 0.2) is 0 Å². The van der Waals surface area contributed by atoms with Crippen LogP contribution >= 0.6 is 7.60 Å². The van der Waals surface area contributed by atoms with Crippen LogP contribution < -0.4 is 4.52 Å². The van der Waals surface area contributed by atoms with Crippen LogP contribution in [0.15, 0.2) is 72.8 Å². The average molecular weight is 497 g/mol. The van der Waals surface area contributed by atoms with E-state index >= 15 is 0 Å². The molecule has 1 aromatic heterocycles. The number of hydrogen-bond donors (Lipinski definition) is 1. The molecule has 178 valence electrons. The molecular weight excluding hydrogens is 480 g/mol. The van der Waals surface area contributed by atoms with Gasteiger partial charge in [-0.05, 0) is 53.9 Å². The van der Waals surface area contributed by atoms with Gasteiger partial charge in [0.25, 0.3) is 0 Å². The Morgan fingerprint density at radius 2 is 1.71 bits per heavy atom. The summed E-state index contributed by atoms with van der Waals surface area (Å²) < 4.78 is 82.7. The Hall–Kier alpha value is -3.30. The SMILES string of the molecule is O=P(O)(Oc1ccc(CC(c2cccc(C(F)(F)F)c2)n2nnc3ccccc32)cc1)C(F)F. The standard InChI is InChI=1S/C22H17F5N3O3P/c23-21(24)34(31,32)33-17-10-8-14(9-11-17)12-20(15-4-3-5-16(13-15)22(25,26)27)30-19-7-2-1-6-18(19)28-29-30/h1-11,13,20-21H,12H2,(H,31,32). The van der Waals surface area contributed by atoms with Crippen molar-refractivity contribution in [1.29, 1.82) is 0 Å². The zero-order valence-corrected chi connectivity index (χ0v) is 18.1. The molecule has 0 bridgehead atoms. The average Bonchev–Trinajstić information content (AvgIpc) is 3.22. The number of alkyl halides is 5. The number of benzene rings is 3. The Labute approximate surface area is 190 Å². The quantitative estimate of drug-likeness (QED) is 0.248. The van der Waals surface area contributed by atoms with Gasteiger partial charge in [-0.25, -0.2) is 9.25 Å². The lowest BCUT2D eigenvalue weighted by Crippen LogP contribution is -2.16. The van der Waals surface area contributed by atoms with Crippen LogP contribution in [0.2, 0.25) is 0 Å². The first-order chi connectivity index (χ1) is 16.0. The number of para-hydroxylation sites is 1. The summed E-state index contributed by atoms with van der Waals surface area (Å²) in [5, 5.41) is 8.24. The van der Waals surface area contributed by atoms with Gasteiger partial charge in [0.05, 0.1) is 17.1 Å². The van der Waals surface area contributed by atoms with Gasteiger partial charge in [-0.3, -0.25) is 0 Å².